The van der Waals surface area contributed by atoms with Gasteiger partial charge in [0.2, 0.25) is 11.8 Å². The Hall–Kier alpha value is -3.07. The molecule has 202 valence electrons. The maximum Gasteiger partial charge on any atom is 0.251 e. The van der Waals surface area contributed by atoms with Gasteiger partial charge in [-0.05, 0) is 24.6 Å². The van der Waals surface area contributed by atoms with Crippen molar-refractivity contribution in [3.63, 3.8) is 0 Å². The van der Waals surface area contributed by atoms with E-state index in [9.17, 15) is 19.5 Å². The van der Waals surface area contributed by atoms with E-state index in [0.717, 1.165) is 5.56 Å². The first-order chi connectivity index (χ1) is 18.9. The third-order valence-electron chi connectivity index (χ3n) is 8.28. The Kier molecular flexibility index (Phi) is 6.81. The molecule has 0 aromatic heterocycles. The Labute approximate surface area is 237 Å². The molecular weight excluding hydrogens is 534 g/mol. The van der Waals surface area contributed by atoms with Crippen molar-refractivity contribution in [2.45, 2.75) is 35.5 Å². The van der Waals surface area contributed by atoms with E-state index in [4.69, 9.17) is 11.6 Å². The Morgan fingerprint density at radius 2 is 1.74 bits per heavy atom. The van der Waals surface area contributed by atoms with Crippen LogP contribution in [0.5, 0.6) is 0 Å². The summed E-state index contributed by atoms with van der Waals surface area (Å²) < 4.78 is -0.946. The van der Waals surface area contributed by atoms with Crippen LogP contribution < -0.4 is 4.90 Å². The lowest BCUT2D eigenvalue weighted by Gasteiger charge is -2.37. The number of halogens is 1. The van der Waals surface area contributed by atoms with Crippen LogP contribution in [-0.2, 0) is 20.9 Å². The van der Waals surface area contributed by atoms with Gasteiger partial charge >= 0.3 is 0 Å². The summed E-state index contributed by atoms with van der Waals surface area (Å²) >= 11 is 8.03. The summed E-state index contributed by atoms with van der Waals surface area (Å²) in [6.45, 7) is 2.66. The second kappa shape index (κ2) is 10.2. The zero-order chi connectivity index (χ0) is 27.3. The Balaban J connectivity index is 1.42. The van der Waals surface area contributed by atoms with Crippen LogP contribution in [0.15, 0.2) is 78.9 Å². The number of amides is 3. The molecule has 2 saturated heterocycles. The molecule has 7 nitrogen and oxygen atoms in total. The highest BCUT2D eigenvalue weighted by molar-refractivity contribution is 8.02. The quantitative estimate of drug-likeness (QED) is 0.563. The van der Waals surface area contributed by atoms with Crippen LogP contribution in [0.4, 0.5) is 5.69 Å². The highest BCUT2D eigenvalue weighted by Crippen LogP contribution is 2.61. The fourth-order valence-corrected chi connectivity index (χ4v) is 8.75. The largest absolute Gasteiger partial charge is 0.394 e. The minimum atomic E-state index is -0.946. The van der Waals surface area contributed by atoms with Crippen molar-refractivity contribution in [2.75, 3.05) is 24.6 Å². The molecule has 39 heavy (non-hydrogen) atoms. The molecule has 6 rings (SSSR count). The molecule has 1 unspecified atom stereocenters. The van der Waals surface area contributed by atoms with Crippen LogP contribution in [0, 0.1) is 11.8 Å². The number of rotatable bonds is 5. The SMILES string of the molecule is C[C@H](CO)N1C(=O)[C@@H]2[C@@H]3C(=O)N(Cc4ccccc4)CC=C[C@@H]3S[C@@]23C=CCN(c2ccccc2Cl)C(=O)C13. The topological polar surface area (TPSA) is 81.2 Å². The van der Waals surface area contributed by atoms with Crippen LogP contribution in [-0.4, -0.2) is 74.4 Å². The van der Waals surface area contributed by atoms with E-state index in [2.05, 4.69) is 0 Å². The molecule has 0 bridgehead atoms. The van der Waals surface area contributed by atoms with Gasteiger partial charge in [0.15, 0.2) is 0 Å². The average molecular weight is 564 g/mol. The first-order valence-corrected chi connectivity index (χ1v) is 14.5. The van der Waals surface area contributed by atoms with Gasteiger partial charge in [-0.25, -0.2) is 0 Å². The van der Waals surface area contributed by atoms with E-state index in [1.54, 1.807) is 34.9 Å². The summed E-state index contributed by atoms with van der Waals surface area (Å²) in [6.07, 6.45) is 7.93. The highest BCUT2D eigenvalue weighted by Gasteiger charge is 2.71. The van der Waals surface area contributed by atoms with Gasteiger partial charge in [-0.2, -0.15) is 0 Å². The zero-order valence-electron chi connectivity index (χ0n) is 21.5. The number of hydrogen-bond donors (Lipinski definition) is 1. The van der Waals surface area contributed by atoms with Crippen LogP contribution in [0.1, 0.15) is 12.5 Å². The lowest BCUT2D eigenvalue weighted by molar-refractivity contribution is -0.144. The number of hydrogen-bond acceptors (Lipinski definition) is 5. The van der Waals surface area contributed by atoms with E-state index < -0.39 is 28.7 Å². The summed E-state index contributed by atoms with van der Waals surface area (Å²) in [4.78, 5) is 47.7. The number of fused-ring (bicyclic) bond motifs is 2. The molecule has 2 aromatic carbocycles. The number of likely N-dealkylation sites (tertiary alicyclic amines) is 1. The maximum absolute atomic E-state index is 14.4. The van der Waals surface area contributed by atoms with E-state index in [1.807, 2.05) is 60.7 Å². The van der Waals surface area contributed by atoms with Crippen molar-refractivity contribution in [2.24, 2.45) is 11.8 Å². The van der Waals surface area contributed by atoms with Crippen LogP contribution in [0.25, 0.3) is 0 Å². The number of aliphatic hydroxyl groups excluding tert-OH is 1. The molecule has 4 aliphatic rings. The molecule has 0 aliphatic carbocycles. The summed E-state index contributed by atoms with van der Waals surface area (Å²) in [5.74, 6) is -1.95. The molecule has 2 fully saturated rings. The third kappa shape index (κ3) is 4.12. The van der Waals surface area contributed by atoms with Crippen molar-refractivity contribution in [3.8, 4) is 0 Å². The second-order valence-corrected chi connectivity index (χ2v) is 12.4. The van der Waals surface area contributed by atoms with Gasteiger partial charge in [0.1, 0.15) is 6.04 Å². The van der Waals surface area contributed by atoms with Gasteiger partial charge in [-0.15, -0.1) is 11.8 Å². The highest BCUT2D eigenvalue weighted by atomic mass is 35.5. The number of aliphatic hydroxyl groups is 1. The predicted molar refractivity (Wildman–Crippen MR) is 152 cm³/mol. The maximum atomic E-state index is 14.4. The normalized spacial score (nSPS) is 30.6. The zero-order valence-corrected chi connectivity index (χ0v) is 23.1. The molecule has 9 heteroatoms. The van der Waals surface area contributed by atoms with E-state index >= 15 is 0 Å². The van der Waals surface area contributed by atoms with Crippen molar-refractivity contribution in [1.82, 2.24) is 9.80 Å². The van der Waals surface area contributed by atoms with Crippen molar-refractivity contribution in [1.29, 1.82) is 0 Å². The molecule has 4 heterocycles. The molecule has 0 saturated carbocycles. The van der Waals surface area contributed by atoms with E-state index in [0.29, 0.717) is 30.3 Å². The Bertz CT molecular complexity index is 1370. The summed E-state index contributed by atoms with van der Waals surface area (Å²) in [7, 11) is 0. The molecule has 1 spiro atoms. The average Bonchev–Trinajstić information content (AvgIpc) is 3.27. The number of thioether (sulfide) groups is 1. The fourth-order valence-electron chi connectivity index (χ4n) is 6.52. The number of carbonyl (C=O) groups excluding carboxylic acids is 3. The van der Waals surface area contributed by atoms with Gasteiger partial charge < -0.3 is 19.8 Å². The minimum Gasteiger partial charge on any atom is -0.394 e. The molecule has 3 amide bonds. The second-order valence-electron chi connectivity index (χ2n) is 10.6. The van der Waals surface area contributed by atoms with Gasteiger partial charge in [-0.1, -0.05) is 78.4 Å². The van der Waals surface area contributed by atoms with Gasteiger partial charge in [0.25, 0.3) is 5.91 Å². The number of benzene rings is 2. The lowest BCUT2D eigenvalue weighted by Crippen LogP contribution is -2.56. The molecule has 4 aliphatic heterocycles. The van der Waals surface area contributed by atoms with Crippen molar-refractivity contribution >= 4 is 46.8 Å². The third-order valence-corrected chi connectivity index (χ3v) is 10.3. The van der Waals surface area contributed by atoms with Crippen molar-refractivity contribution in [3.05, 3.63) is 89.5 Å². The molecular formula is C30H30ClN3O4S. The van der Waals surface area contributed by atoms with Gasteiger partial charge in [0, 0.05) is 24.9 Å². The number of carbonyl (C=O) groups is 3. The Morgan fingerprint density at radius 3 is 2.49 bits per heavy atom. The van der Waals surface area contributed by atoms with E-state index in [1.165, 1.54) is 16.7 Å². The van der Waals surface area contributed by atoms with Crippen LogP contribution in [0.3, 0.4) is 0 Å². The number of nitrogens with zero attached hydrogens (tertiary/aromatic N) is 3. The number of anilines is 1. The minimum absolute atomic E-state index is 0.0816. The summed E-state index contributed by atoms with van der Waals surface area (Å²) in [5.41, 5.74) is 1.59. The van der Waals surface area contributed by atoms with Crippen LogP contribution in [0.2, 0.25) is 5.02 Å². The van der Waals surface area contributed by atoms with Crippen molar-refractivity contribution < 1.29 is 19.5 Å². The molecule has 1 N–H and O–H groups in total. The standard InChI is InChI=1S/C30H30ClN3O4S/c1-19(18-35)34-26-29(38)33(22-12-6-5-11-21(22)31)16-8-14-30(26)25(28(34)37)24-23(39-30)13-7-15-32(27(24)36)17-20-9-3-2-4-10-20/h2-14,19,23-26,35H,15-18H2,1H3/t19-,23+,24-,25+,26?,30+/m1/s1. The number of para-hydroxylation sites is 1. The lowest BCUT2D eigenvalue weighted by atomic mass is 9.78. The summed E-state index contributed by atoms with van der Waals surface area (Å²) in [5, 5.41) is 10.3. The summed E-state index contributed by atoms with van der Waals surface area (Å²) in [6, 6.07) is 15.5. The molecule has 2 aromatic rings. The smallest absolute Gasteiger partial charge is 0.251 e. The predicted octanol–water partition coefficient (Wildman–Crippen LogP) is 3.52. The fraction of sp³-hybridized carbons (Fsp3) is 0.367. The molecule has 6 atom stereocenters. The Morgan fingerprint density at radius 1 is 1.00 bits per heavy atom. The first kappa shape index (κ1) is 26.2. The van der Waals surface area contributed by atoms with E-state index in [-0.39, 0.29) is 29.6 Å². The van der Waals surface area contributed by atoms with Gasteiger partial charge in [0.05, 0.1) is 39.9 Å². The van der Waals surface area contributed by atoms with Gasteiger partial charge in [-0.3, -0.25) is 14.4 Å². The first-order valence-electron chi connectivity index (χ1n) is 13.2. The molecule has 0 radical (unpaired) electrons. The monoisotopic (exact) mass is 563 g/mol. The van der Waals surface area contributed by atoms with Crippen LogP contribution >= 0.6 is 23.4 Å².